The van der Waals surface area contributed by atoms with Crippen LogP contribution in [0.1, 0.15) is 77.6 Å². The van der Waals surface area contributed by atoms with E-state index in [9.17, 15) is 0 Å². The number of anilines is 1. The van der Waals surface area contributed by atoms with Gasteiger partial charge >= 0.3 is 0 Å². The van der Waals surface area contributed by atoms with Gasteiger partial charge in [0.2, 0.25) is 0 Å². The van der Waals surface area contributed by atoms with E-state index in [4.69, 9.17) is 10.7 Å². The molecule has 1 aromatic heterocycles. The molecule has 1 saturated heterocycles. The van der Waals surface area contributed by atoms with Gasteiger partial charge in [-0.2, -0.15) is 0 Å². The van der Waals surface area contributed by atoms with E-state index in [0.29, 0.717) is 5.41 Å². The van der Waals surface area contributed by atoms with Crippen LogP contribution in [0.3, 0.4) is 0 Å². The number of aromatic nitrogens is 1. The summed E-state index contributed by atoms with van der Waals surface area (Å²) in [5.74, 6) is 0. The molecule has 3 heteroatoms. The first kappa shape index (κ1) is 17.5. The van der Waals surface area contributed by atoms with Crippen molar-refractivity contribution in [1.82, 2.24) is 9.88 Å². The molecular weight excluding hydrogens is 294 g/mol. The SMILES string of the molecule is CC1(C)CC=C(c2nc(C(C)(C)N3CCCCC3)ccc2N)CC1. The minimum atomic E-state index is -0.0304. The van der Waals surface area contributed by atoms with E-state index in [1.807, 2.05) is 0 Å². The highest BCUT2D eigenvalue weighted by Gasteiger charge is 2.32. The molecule has 132 valence electrons. The van der Waals surface area contributed by atoms with Crippen molar-refractivity contribution in [3.8, 4) is 0 Å². The Morgan fingerprint density at radius 2 is 1.83 bits per heavy atom. The molecule has 1 fully saturated rings. The van der Waals surface area contributed by atoms with Crippen molar-refractivity contribution >= 4 is 11.3 Å². The predicted octanol–water partition coefficient (Wildman–Crippen LogP) is 4.98. The molecule has 0 atom stereocenters. The van der Waals surface area contributed by atoms with Gasteiger partial charge in [-0.25, -0.2) is 4.98 Å². The number of rotatable bonds is 3. The molecule has 1 aliphatic heterocycles. The van der Waals surface area contributed by atoms with Crippen molar-refractivity contribution in [3.05, 3.63) is 29.6 Å². The summed E-state index contributed by atoms with van der Waals surface area (Å²) < 4.78 is 0. The van der Waals surface area contributed by atoms with Crippen LogP contribution in [0.4, 0.5) is 5.69 Å². The highest BCUT2D eigenvalue weighted by Crippen LogP contribution is 2.39. The maximum absolute atomic E-state index is 6.29. The molecular formula is C21H33N3. The van der Waals surface area contributed by atoms with Gasteiger partial charge in [-0.15, -0.1) is 0 Å². The summed E-state index contributed by atoms with van der Waals surface area (Å²) in [5, 5.41) is 0. The molecule has 0 radical (unpaired) electrons. The lowest BCUT2D eigenvalue weighted by atomic mass is 9.77. The summed E-state index contributed by atoms with van der Waals surface area (Å²) in [6.45, 7) is 11.6. The Hall–Kier alpha value is -1.35. The number of nitrogens with zero attached hydrogens (tertiary/aromatic N) is 2. The van der Waals surface area contributed by atoms with Crippen LogP contribution >= 0.6 is 0 Å². The summed E-state index contributed by atoms with van der Waals surface area (Å²) in [7, 11) is 0. The van der Waals surface area contributed by atoms with Crippen LogP contribution < -0.4 is 5.73 Å². The van der Waals surface area contributed by atoms with Gasteiger partial charge in [-0.3, -0.25) is 4.90 Å². The molecule has 2 heterocycles. The fourth-order valence-electron chi connectivity index (χ4n) is 3.97. The lowest BCUT2D eigenvalue weighted by Crippen LogP contribution is -2.45. The zero-order chi connectivity index (χ0) is 17.4. The normalized spacial score (nSPS) is 22.2. The topological polar surface area (TPSA) is 42.2 Å². The summed E-state index contributed by atoms with van der Waals surface area (Å²) >= 11 is 0. The number of likely N-dealkylation sites (tertiary alicyclic amines) is 1. The van der Waals surface area contributed by atoms with Crippen molar-refractivity contribution < 1.29 is 0 Å². The fourth-order valence-corrected chi connectivity index (χ4v) is 3.97. The molecule has 0 unspecified atom stereocenters. The van der Waals surface area contributed by atoms with E-state index in [2.05, 4.69) is 50.8 Å². The van der Waals surface area contributed by atoms with Gasteiger partial charge in [0.15, 0.2) is 0 Å². The van der Waals surface area contributed by atoms with Crippen LogP contribution in [0.15, 0.2) is 18.2 Å². The molecule has 0 spiro atoms. The molecule has 1 aromatic rings. The van der Waals surface area contributed by atoms with E-state index >= 15 is 0 Å². The van der Waals surface area contributed by atoms with E-state index in [0.717, 1.165) is 29.9 Å². The van der Waals surface area contributed by atoms with Gasteiger partial charge < -0.3 is 5.73 Å². The number of nitrogens with two attached hydrogens (primary N) is 1. The van der Waals surface area contributed by atoms with Gasteiger partial charge in [-0.05, 0) is 82.2 Å². The third kappa shape index (κ3) is 3.51. The van der Waals surface area contributed by atoms with Crippen LogP contribution in [0.5, 0.6) is 0 Å². The van der Waals surface area contributed by atoms with Crippen molar-refractivity contribution in [3.63, 3.8) is 0 Å². The second-order valence-corrected chi connectivity index (χ2v) is 8.84. The number of pyridine rings is 1. The highest BCUT2D eigenvalue weighted by molar-refractivity contribution is 5.73. The average molecular weight is 328 g/mol. The second-order valence-electron chi connectivity index (χ2n) is 8.84. The minimum absolute atomic E-state index is 0.0304. The summed E-state index contributed by atoms with van der Waals surface area (Å²) in [5.41, 5.74) is 11.0. The molecule has 3 nitrogen and oxygen atoms in total. The number of hydrogen-bond donors (Lipinski definition) is 1. The van der Waals surface area contributed by atoms with Crippen molar-refractivity contribution in [2.75, 3.05) is 18.8 Å². The van der Waals surface area contributed by atoms with Gasteiger partial charge in [-0.1, -0.05) is 26.3 Å². The zero-order valence-corrected chi connectivity index (χ0v) is 15.9. The standard InChI is InChI=1S/C21H33N3/c1-20(2)12-10-16(11-13-20)19-17(22)8-9-18(23-19)21(3,4)24-14-6-5-7-15-24/h8-10H,5-7,11-15,22H2,1-4H3. The highest BCUT2D eigenvalue weighted by atomic mass is 15.2. The van der Waals surface area contributed by atoms with E-state index in [1.165, 1.54) is 44.3 Å². The van der Waals surface area contributed by atoms with Crippen LogP contribution in [-0.4, -0.2) is 23.0 Å². The van der Waals surface area contributed by atoms with Crippen LogP contribution in [-0.2, 0) is 5.54 Å². The maximum atomic E-state index is 6.29. The Morgan fingerprint density at radius 1 is 1.12 bits per heavy atom. The number of piperidine rings is 1. The lowest BCUT2D eigenvalue weighted by Gasteiger charge is -2.41. The molecule has 0 saturated carbocycles. The van der Waals surface area contributed by atoms with Gasteiger partial charge in [0.25, 0.3) is 0 Å². The van der Waals surface area contributed by atoms with Gasteiger partial charge in [0, 0.05) is 0 Å². The quantitative estimate of drug-likeness (QED) is 0.851. The van der Waals surface area contributed by atoms with E-state index in [-0.39, 0.29) is 5.54 Å². The Kier molecular flexibility index (Phi) is 4.74. The monoisotopic (exact) mass is 327 g/mol. The summed E-state index contributed by atoms with van der Waals surface area (Å²) in [4.78, 5) is 7.64. The molecule has 2 N–H and O–H groups in total. The van der Waals surface area contributed by atoms with Crippen molar-refractivity contribution in [2.24, 2.45) is 5.41 Å². The third-order valence-electron chi connectivity index (χ3n) is 5.98. The molecule has 1 aliphatic carbocycles. The second kappa shape index (κ2) is 6.51. The molecule has 0 amide bonds. The van der Waals surface area contributed by atoms with Crippen molar-refractivity contribution in [2.45, 2.75) is 71.8 Å². The maximum Gasteiger partial charge on any atom is 0.0891 e. The Labute approximate surface area is 147 Å². The van der Waals surface area contributed by atoms with Crippen LogP contribution in [0.2, 0.25) is 0 Å². The summed E-state index contributed by atoms with van der Waals surface area (Å²) in [6, 6.07) is 4.19. The molecule has 24 heavy (non-hydrogen) atoms. The Morgan fingerprint density at radius 3 is 2.46 bits per heavy atom. The minimum Gasteiger partial charge on any atom is -0.397 e. The fraction of sp³-hybridized carbons (Fsp3) is 0.667. The van der Waals surface area contributed by atoms with Crippen LogP contribution in [0.25, 0.3) is 5.57 Å². The number of nitrogen functional groups attached to an aromatic ring is 1. The Bertz CT molecular complexity index is 622. The average Bonchev–Trinajstić information content (AvgIpc) is 2.56. The van der Waals surface area contributed by atoms with Crippen LogP contribution in [0, 0.1) is 5.41 Å². The Balaban J connectivity index is 1.90. The smallest absolute Gasteiger partial charge is 0.0891 e. The van der Waals surface area contributed by atoms with Crippen molar-refractivity contribution in [1.29, 1.82) is 0 Å². The molecule has 2 aliphatic rings. The molecule has 0 bridgehead atoms. The molecule has 3 rings (SSSR count). The third-order valence-corrected chi connectivity index (χ3v) is 5.98. The predicted molar refractivity (Wildman–Crippen MR) is 103 cm³/mol. The first-order valence-corrected chi connectivity index (χ1v) is 9.51. The first-order chi connectivity index (χ1) is 11.3. The zero-order valence-electron chi connectivity index (χ0n) is 15.9. The number of hydrogen-bond acceptors (Lipinski definition) is 3. The largest absolute Gasteiger partial charge is 0.397 e. The molecule has 0 aromatic carbocycles. The van der Waals surface area contributed by atoms with E-state index < -0.39 is 0 Å². The lowest BCUT2D eigenvalue weighted by molar-refractivity contribution is 0.0908. The van der Waals surface area contributed by atoms with E-state index in [1.54, 1.807) is 0 Å². The van der Waals surface area contributed by atoms with Gasteiger partial charge in [0.1, 0.15) is 0 Å². The number of allylic oxidation sites excluding steroid dienone is 2. The first-order valence-electron chi connectivity index (χ1n) is 9.51. The summed E-state index contributed by atoms with van der Waals surface area (Å²) in [6.07, 6.45) is 9.72. The van der Waals surface area contributed by atoms with Gasteiger partial charge in [0.05, 0.1) is 22.6 Å².